The summed E-state index contributed by atoms with van der Waals surface area (Å²) in [6, 6.07) is 9.34. The Hall–Kier alpha value is -2.59. The fourth-order valence-electron chi connectivity index (χ4n) is 3.58. The molecule has 6 nitrogen and oxygen atoms in total. The van der Waals surface area contributed by atoms with Crippen molar-refractivity contribution in [3.63, 3.8) is 0 Å². The molecule has 1 aliphatic rings. The van der Waals surface area contributed by atoms with Crippen LogP contribution in [-0.4, -0.2) is 52.4 Å². The maximum atomic E-state index is 13.0. The maximum absolute atomic E-state index is 13.0. The van der Waals surface area contributed by atoms with E-state index in [0.29, 0.717) is 17.7 Å². The third-order valence-corrected chi connectivity index (χ3v) is 7.23. The number of alkyl halides is 3. The van der Waals surface area contributed by atoms with Gasteiger partial charge in [0, 0.05) is 39.4 Å². The van der Waals surface area contributed by atoms with Crippen LogP contribution in [0.25, 0.3) is 0 Å². The first-order chi connectivity index (χ1) is 15.0. The number of carbonyl (C=O) groups excluding carboxylic acids is 1. The zero-order valence-corrected chi connectivity index (χ0v) is 18.8. The van der Waals surface area contributed by atoms with Crippen LogP contribution in [0.4, 0.5) is 18.9 Å². The Morgan fingerprint density at radius 3 is 2.25 bits per heavy atom. The number of anilines is 1. The standard InChI is InChI=1S/C22H26F3N3O3S/c1-27(2)32(30,31)18-9-10-20(28-13-3-4-14-28)19(15-18)21(29)26-12-11-16-5-7-17(8-6-16)22(23,24)25/h5-10,15H,3-4,11-14H2,1-2H3,(H,26,29). The van der Waals surface area contributed by atoms with Crippen molar-refractivity contribution in [3.05, 3.63) is 59.2 Å². The first kappa shape index (κ1) is 24.1. The van der Waals surface area contributed by atoms with E-state index in [0.717, 1.165) is 42.4 Å². The maximum Gasteiger partial charge on any atom is 0.416 e. The van der Waals surface area contributed by atoms with Crippen molar-refractivity contribution in [2.24, 2.45) is 0 Å². The molecule has 0 saturated carbocycles. The summed E-state index contributed by atoms with van der Waals surface area (Å²) < 4.78 is 64.2. The number of nitrogens with zero attached hydrogens (tertiary/aromatic N) is 2. The molecule has 174 valence electrons. The Morgan fingerprint density at radius 2 is 1.69 bits per heavy atom. The molecule has 1 saturated heterocycles. The summed E-state index contributed by atoms with van der Waals surface area (Å²) in [5.41, 5.74) is 0.871. The number of nitrogens with one attached hydrogen (secondary N) is 1. The summed E-state index contributed by atoms with van der Waals surface area (Å²) in [5.74, 6) is -0.422. The highest BCUT2D eigenvalue weighted by atomic mass is 32.2. The zero-order chi connectivity index (χ0) is 23.5. The first-order valence-electron chi connectivity index (χ1n) is 10.3. The second-order valence-corrected chi connectivity index (χ2v) is 10.0. The second kappa shape index (κ2) is 9.50. The second-order valence-electron chi connectivity index (χ2n) is 7.86. The fourth-order valence-corrected chi connectivity index (χ4v) is 4.51. The van der Waals surface area contributed by atoms with Crippen molar-refractivity contribution in [1.29, 1.82) is 0 Å². The molecule has 1 N–H and O–H groups in total. The van der Waals surface area contributed by atoms with Crippen LogP contribution in [0.1, 0.15) is 34.3 Å². The molecule has 0 unspecified atom stereocenters. The molecule has 1 amide bonds. The predicted molar refractivity (Wildman–Crippen MR) is 116 cm³/mol. The molecule has 0 aromatic heterocycles. The van der Waals surface area contributed by atoms with E-state index in [1.54, 1.807) is 6.07 Å². The number of benzene rings is 2. The van der Waals surface area contributed by atoms with Crippen LogP contribution in [0.5, 0.6) is 0 Å². The lowest BCUT2D eigenvalue weighted by molar-refractivity contribution is -0.137. The normalized spacial score (nSPS) is 14.8. The molecule has 1 aliphatic heterocycles. The van der Waals surface area contributed by atoms with Gasteiger partial charge in [-0.3, -0.25) is 4.79 Å². The minimum atomic E-state index is -4.39. The Kier molecular flexibility index (Phi) is 7.14. The number of sulfonamides is 1. The molecular formula is C22H26F3N3O3S. The summed E-state index contributed by atoms with van der Waals surface area (Å²) in [4.78, 5) is 15.0. The van der Waals surface area contributed by atoms with E-state index >= 15 is 0 Å². The highest BCUT2D eigenvalue weighted by molar-refractivity contribution is 7.89. The molecule has 3 rings (SSSR count). The minimum Gasteiger partial charge on any atom is -0.371 e. The van der Waals surface area contributed by atoms with Crippen molar-refractivity contribution >= 4 is 21.6 Å². The molecule has 0 aliphatic carbocycles. The lowest BCUT2D eigenvalue weighted by Crippen LogP contribution is -2.30. The molecule has 0 radical (unpaired) electrons. The lowest BCUT2D eigenvalue weighted by Gasteiger charge is -2.22. The zero-order valence-electron chi connectivity index (χ0n) is 17.9. The van der Waals surface area contributed by atoms with Gasteiger partial charge in [-0.2, -0.15) is 13.2 Å². The quantitative estimate of drug-likeness (QED) is 0.674. The smallest absolute Gasteiger partial charge is 0.371 e. The molecule has 0 bridgehead atoms. The number of amides is 1. The number of rotatable bonds is 7. The van der Waals surface area contributed by atoms with E-state index in [9.17, 15) is 26.4 Å². The third kappa shape index (κ3) is 5.42. The van der Waals surface area contributed by atoms with Gasteiger partial charge < -0.3 is 10.2 Å². The van der Waals surface area contributed by atoms with Crippen LogP contribution in [0.3, 0.4) is 0 Å². The first-order valence-corrected chi connectivity index (χ1v) is 11.7. The van der Waals surface area contributed by atoms with E-state index < -0.39 is 27.7 Å². The van der Waals surface area contributed by atoms with E-state index in [1.165, 1.54) is 38.4 Å². The molecule has 2 aromatic rings. The highest BCUT2D eigenvalue weighted by Gasteiger charge is 2.30. The average molecular weight is 470 g/mol. The van der Waals surface area contributed by atoms with Gasteiger partial charge in [0.05, 0.1) is 16.0 Å². The van der Waals surface area contributed by atoms with Gasteiger partial charge >= 0.3 is 6.18 Å². The van der Waals surface area contributed by atoms with Crippen molar-refractivity contribution in [3.8, 4) is 0 Å². The highest BCUT2D eigenvalue weighted by Crippen LogP contribution is 2.30. The van der Waals surface area contributed by atoms with Gasteiger partial charge in [-0.25, -0.2) is 12.7 Å². The molecule has 10 heteroatoms. The molecule has 0 spiro atoms. The van der Waals surface area contributed by atoms with E-state index in [4.69, 9.17) is 0 Å². The summed E-state index contributed by atoms with van der Waals surface area (Å²) >= 11 is 0. The number of hydrogen-bond acceptors (Lipinski definition) is 4. The summed E-state index contributed by atoms with van der Waals surface area (Å²) in [6.07, 6.45) is -2.06. The summed E-state index contributed by atoms with van der Waals surface area (Å²) in [7, 11) is -0.862. The fraction of sp³-hybridized carbons (Fsp3) is 0.409. The van der Waals surface area contributed by atoms with Crippen LogP contribution in [0.2, 0.25) is 0 Å². The van der Waals surface area contributed by atoms with Crippen LogP contribution >= 0.6 is 0 Å². The Morgan fingerprint density at radius 1 is 1.06 bits per heavy atom. The monoisotopic (exact) mass is 469 g/mol. The van der Waals surface area contributed by atoms with E-state index in [1.807, 2.05) is 0 Å². The summed E-state index contributed by atoms with van der Waals surface area (Å²) in [5, 5.41) is 2.77. The number of hydrogen-bond donors (Lipinski definition) is 1. The van der Waals surface area contributed by atoms with Gasteiger partial charge in [0.15, 0.2) is 0 Å². The Balaban J connectivity index is 1.76. The topological polar surface area (TPSA) is 69.7 Å². The molecule has 2 aromatic carbocycles. The van der Waals surface area contributed by atoms with Crippen LogP contribution in [0.15, 0.2) is 47.4 Å². The number of carbonyl (C=O) groups is 1. The van der Waals surface area contributed by atoms with Crippen molar-refractivity contribution in [2.75, 3.05) is 38.6 Å². The van der Waals surface area contributed by atoms with Crippen molar-refractivity contribution in [2.45, 2.75) is 30.3 Å². The third-order valence-electron chi connectivity index (χ3n) is 5.42. The molecular weight excluding hydrogens is 443 g/mol. The molecule has 0 atom stereocenters. The lowest BCUT2D eigenvalue weighted by atomic mass is 10.1. The largest absolute Gasteiger partial charge is 0.416 e. The SMILES string of the molecule is CN(C)S(=O)(=O)c1ccc(N2CCCC2)c(C(=O)NCCc2ccc(C(F)(F)F)cc2)c1. The van der Waals surface area contributed by atoms with Gasteiger partial charge in [-0.05, 0) is 55.2 Å². The Labute approximate surface area is 186 Å². The van der Waals surface area contributed by atoms with Gasteiger partial charge in [-0.15, -0.1) is 0 Å². The molecule has 1 heterocycles. The van der Waals surface area contributed by atoms with Crippen LogP contribution in [0, 0.1) is 0 Å². The van der Waals surface area contributed by atoms with Crippen molar-refractivity contribution in [1.82, 2.24) is 9.62 Å². The van der Waals surface area contributed by atoms with Crippen molar-refractivity contribution < 1.29 is 26.4 Å². The molecule has 1 fully saturated rings. The van der Waals surface area contributed by atoms with E-state index in [2.05, 4.69) is 10.2 Å². The van der Waals surface area contributed by atoms with Gasteiger partial charge in [0.1, 0.15) is 0 Å². The van der Waals surface area contributed by atoms with E-state index in [-0.39, 0.29) is 17.0 Å². The van der Waals surface area contributed by atoms with Crippen LogP contribution < -0.4 is 10.2 Å². The minimum absolute atomic E-state index is 0.0262. The Bertz CT molecular complexity index is 1060. The van der Waals surface area contributed by atoms with Gasteiger partial charge in [0.2, 0.25) is 10.0 Å². The number of halogens is 3. The molecule has 32 heavy (non-hydrogen) atoms. The van der Waals surface area contributed by atoms with Gasteiger partial charge in [-0.1, -0.05) is 12.1 Å². The average Bonchev–Trinajstić information content (AvgIpc) is 3.27. The summed E-state index contributed by atoms with van der Waals surface area (Å²) in [6.45, 7) is 1.77. The predicted octanol–water partition coefficient (Wildman–Crippen LogP) is 3.53. The van der Waals surface area contributed by atoms with Gasteiger partial charge in [0.25, 0.3) is 5.91 Å². The van der Waals surface area contributed by atoms with Crippen LogP contribution in [-0.2, 0) is 22.6 Å².